The van der Waals surface area contributed by atoms with Crippen LogP contribution in [0.3, 0.4) is 0 Å². The number of nitro groups is 1. The van der Waals surface area contributed by atoms with Gasteiger partial charge in [0.2, 0.25) is 5.55 Å². The number of benzene rings is 1. The summed E-state index contributed by atoms with van der Waals surface area (Å²) in [6.07, 6.45) is 0. The number of non-ortho nitro benzene ring substituents is 1. The number of rotatable bonds is 1. The number of nitrogens with two attached hydrogens (primary N) is 1. The van der Waals surface area contributed by atoms with Crippen LogP contribution in [0.2, 0.25) is 0 Å². The molecule has 0 bridgehead atoms. The second kappa shape index (κ2) is 3.41. The molecule has 0 amide bonds. The Hall–Kier alpha value is -2.37. The van der Waals surface area contributed by atoms with Crippen LogP contribution in [0.4, 0.5) is 5.69 Å². The van der Waals surface area contributed by atoms with Gasteiger partial charge in [-0.25, -0.2) is 0 Å². The van der Waals surface area contributed by atoms with Crippen molar-refractivity contribution >= 4 is 16.7 Å². The molecule has 0 fully saturated rings. The summed E-state index contributed by atoms with van der Waals surface area (Å²) in [5.74, 6) is 5.04. The molecule has 6 heteroatoms. The van der Waals surface area contributed by atoms with E-state index in [0.29, 0.717) is 11.0 Å². The molecule has 0 aliphatic carbocycles. The van der Waals surface area contributed by atoms with E-state index in [9.17, 15) is 10.1 Å². The average molecular weight is 205 g/mol. The largest absolute Gasteiger partial charge is 0.437 e. The van der Waals surface area contributed by atoms with E-state index < -0.39 is 4.92 Å². The summed E-state index contributed by atoms with van der Waals surface area (Å²) >= 11 is 0. The normalized spacial score (nSPS) is 11.9. The van der Waals surface area contributed by atoms with Crippen LogP contribution < -0.4 is 11.4 Å². The number of hydrogen-bond donors (Lipinski definition) is 1. The van der Waals surface area contributed by atoms with Crippen LogP contribution in [-0.2, 0) is 0 Å². The van der Waals surface area contributed by atoms with Gasteiger partial charge in [0, 0.05) is 23.6 Å². The van der Waals surface area contributed by atoms with Crippen molar-refractivity contribution in [3.05, 3.63) is 46.0 Å². The van der Waals surface area contributed by atoms with E-state index in [4.69, 9.17) is 10.3 Å². The smallest absolute Gasteiger partial charge is 0.270 e. The van der Waals surface area contributed by atoms with E-state index in [-0.39, 0.29) is 11.2 Å². The molecule has 2 rings (SSSR count). The lowest BCUT2D eigenvalue weighted by molar-refractivity contribution is -0.384. The quantitative estimate of drug-likeness (QED) is 0.428. The first kappa shape index (κ1) is 9.20. The summed E-state index contributed by atoms with van der Waals surface area (Å²) in [7, 11) is 0. The highest BCUT2D eigenvalue weighted by molar-refractivity contribution is 5.78. The molecule has 0 saturated heterocycles. The predicted octanol–water partition coefficient (Wildman–Crippen LogP) is 1.12. The Balaban J connectivity index is 2.70. The number of fused-ring (bicyclic) bond motifs is 1. The van der Waals surface area contributed by atoms with Gasteiger partial charge in [0.25, 0.3) is 5.69 Å². The molecule has 15 heavy (non-hydrogen) atoms. The predicted molar refractivity (Wildman–Crippen MR) is 52.6 cm³/mol. The summed E-state index contributed by atoms with van der Waals surface area (Å²) in [4.78, 5) is 10.0. The molecule has 0 atom stereocenters. The zero-order chi connectivity index (χ0) is 10.8. The van der Waals surface area contributed by atoms with Gasteiger partial charge in [-0.15, -0.1) is 5.10 Å². The highest BCUT2D eigenvalue weighted by atomic mass is 16.6. The van der Waals surface area contributed by atoms with Gasteiger partial charge >= 0.3 is 0 Å². The van der Waals surface area contributed by atoms with Crippen LogP contribution in [0.25, 0.3) is 11.0 Å². The van der Waals surface area contributed by atoms with E-state index in [2.05, 4.69) is 5.10 Å². The third-order valence-electron chi connectivity index (χ3n) is 1.95. The van der Waals surface area contributed by atoms with Gasteiger partial charge in [0.1, 0.15) is 5.58 Å². The van der Waals surface area contributed by atoms with Crippen LogP contribution >= 0.6 is 0 Å². The van der Waals surface area contributed by atoms with Gasteiger partial charge in [0.15, 0.2) is 0 Å². The van der Waals surface area contributed by atoms with Crippen LogP contribution in [0.5, 0.6) is 0 Å². The molecule has 2 N–H and O–H groups in total. The fraction of sp³-hybridized carbons (Fsp3) is 0. The van der Waals surface area contributed by atoms with Crippen molar-refractivity contribution in [2.24, 2.45) is 10.9 Å². The Morgan fingerprint density at radius 2 is 2.13 bits per heavy atom. The fourth-order valence-electron chi connectivity index (χ4n) is 1.25. The van der Waals surface area contributed by atoms with Crippen molar-refractivity contribution in [1.29, 1.82) is 0 Å². The first-order valence-corrected chi connectivity index (χ1v) is 4.13. The Morgan fingerprint density at radius 3 is 2.80 bits per heavy atom. The van der Waals surface area contributed by atoms with Gasteiger partial charge in [-0.05, 0) is 12.1 Å². The van der Waals surface area contributed by atoms with E-state index in [1.165, 1.54) is 18.2 Å². The molecule has 6 nitrogen and oxygen atoms in total. The average Bonchev–Trinajstić information content (AvgIpc) is 2.27. The second-order valence-corrected chi connectivity index (χ2v) is 2.88. The molecule has 1 aromatic carbocycles. The van der Waals surface area contributed by atoms with Crippen LogP contribution in [0.15, 0.2) is 39.9 Å². The lowest BCUT2D eigenvalue weighted by Gasteiger charge is -1.96. The van der Waals surface area contributed by atoms with Crippen LogP contribution in [0, 0.1) is 10.1 Å². The molecule has 0 aliphatic heterocycles. The second-order valence-electron chi connectivity index (χ2n) is 2.88. The maximum absolute atomic E-state index is 10.5. The maximum Gasteiger partial charge on any atom is 0.270 e. The molecule has 0 spiro atoms. The van der Waals surface area contributed by atoms with Gasteiger partial charge in [0.05, 0.1) is 4.92 Å². The fourth-order valence-corrected chi connectivity index (χ4v) is 1.25. The number of nitrogens with zero attached hydrogens (tertiary/aromatic N) is 2. The highest BCUT2D eigenvalue weighted by Gasteiger charge is 2.06. The Bertz CT molecular complexity index is 588. The molecule has 0 aliphatic rings. The summed E-state index contributed by atoms with van der Waals surface area (Å²) in [6.45, 7) is 0. The molecule has 0 saturated carbocycles. The third kappa shape index (κ3) is 1.64. The minimum atomic E-state index is -0.458. The van der Waals surface area contributed by atoms with E-state index in [1.807, 2.05) is 0 Å². The molecule has 1 aromatic heterocycles. The Morgan fingerprint density at radius 1 is 1.33 bits per heavy atom. The van der Waals surface area contributed by atoms with E-state index >= 15 is 0 Å². The van der Waals surface area contributed by atoms with E-state index in [1.54, 1.807) is 12.1 Å². The van der Waals surface area contributed by atoms with Crippen LogP contribution in [-0.4, -0.2) is 4.92 Å². The van der Waals surface area contributed by atoms with Crippen molar-refractivity contribution in [3.63, 3.8) is 0 Å². The maximum atomic E-state index is 10.5. The lowest BCUT2D eigenvalue weighted by atomic mass is 10.2. The Labute approximate surface area is 83.8 Å². The highest BCUT2D eigenvalue weighted by Crippen LogP contribution is 2.18. The van der Waals surface area contributed by atoms with Crippen LogP contribution in [0.1, 0.15) is 0 Å². The minimum absolute atomic E-state index is 0.0233. The monoisotopic (exact) mass is 205 g/mol. The topological polar surface area (TPSA) is 94.7 Å². The lowest BCUT2D eigenvalue weighted by Crippen LogP contribution is -2.03. The molecule has 76 valence electrons. The zero-order valence-corrected chi connectivity index (χ0v) is 7.58. The van der Waals surface area contributed by atoms with Crippen molar-refractivity contribution < 1.29 is 9.34 Å². The van der Waals surface area contributed by atoms with E-state index in [0.717, 1.165) is 0 Å². The van der Waals surface area contributed by atoms with Crippen molar-refractivity contribution in [3.8, 4) is 0 Å². The summed E-state index contributed by atoms with van der Waals surface area (Å²) in [5, 5.41) is 14.5. The van der Waals surface area contributed by atoms with Crippen molar-refractivity contribution in [1.82, 2.24) is 0 Å². The van der Waals surface area contributed by atoms with Crippen molar-refractivity contribution in [2.75, 3.05) is 0 Å². The zero-order valence-electron chi connectivity index (χ0n) is 7.58. The molecule has 0 unspecified atom stereocenters. The first-order chi connectivity index (χ1) is 7.20. The summed E-state index contributed by atoms with van der Waals surface area (Å²) in [6, 6.07) is 7.52. The summed E-state index contributed by atoms with van der Waals surface area (Å²) < 4.78 is 5.23. The SMILES string of the molecule is N/N=c1/ccc2cc([N+](=O)[O-])ccc2o1. The number of hydrogen-bond acceptors (Lipinski definition) is 5. The van der Waals surface area contributed by atoms with Crippen molar-refractivity contribution in [2.45, 2.75) is 0 Å². The molecular formula is C9H7N3O3. The van der Waals surface area contributed by atoms with Gasteiger partial charge in [-0.2, -0.15) is 0 Å². The molecule has 1 heterocycles. The standard InChI is InChI=1S/C9H7N3O3/c10-11-9-4-1-6-5-7(12(13)14)2-3-8(6)15-9/h1-5H,10H2/b11-9-. The van der Waals surface area contributed by atoms with Gasteiger partial charge < -0.3 is 10.3 Å². The molecule has 0 radical (unpaired) electrons. The first-order valence-electron chi connectivity index (χ1n) is 4.13. The molecule has 2 aromatic rings. The van der Waals surface area contributed by atoms with Gasteiger partial charge in [-0.1, -0.05) is 0 Å². The number of nitro benzene ring substituents is 1. The van der Waals surface area contributed by atoms with Gasteiger partial charge in [-0.3, -0.25) is 10.1 Å². The minimum Gasteiger partial charge on any atom is -0.437 e. The summed E-state index contributed by atoms with van der Waals surface area (Å²) in [5.41, 5.74) is 0.804. The Kier molecular flexibility index (Phi) is 2.09. The third-order valence-corrected chi connectivity index (χ3v) is 1.95. The molecular weight excluding hydrogens is 198 g/mol.